The fraction of sp³-hybridized carbons (Fsp3) is 0.406. The summed E-state index contributed by atoms with van der Waals surface area (Å²) in [6.07, 6.45) is -1.26. The van der Waals surface area contributed by atoms with E-state index in [1.807, 2.05) is 36.4 Å². The van der Waals surface area contributed by atoms with Crippen molar-refractivity contribution in [1.82, 2.24) is 9.80 Å². The Balaban J connectivity index is 0.00000231. The molecule has 2 aliphatic heterocycles. The lowest BCUT2D eigenvalue weighted by molar-refractivity contribution is -0.138. The molecule has 1 fully saturated rings. The molecule has 4 nitrogen and oxygen atoms in total. The van der Waals surface area contributed by atoms with Gasteiger partial charge in [0.25, 0.3) is 0 Å². The average Bonchev–Trinajstić information content (AvgIpc) is 3.14. The zero-order chi connectivity index (χ0) is 27.2. The van der Waals surface area contributed by atoms with Gasteiger partial charge >= 0.3 is 6.18 Å². The number of carbonyl (C=O) groups is 1. The van der Waals surface area contributed by atoms with Crippen molar-refractivity contribution in [2.24, 2.45) is 5.92 Å². The van der Waals surface area contributed by atoms with E-state index in [0.717, 1.165) is 74.9 Å². The van der Waals surface area contributed by atoms with Crippen LogP contribution in [0.2, 0.25) is 0 Å². The number of hydrogen-bond acceptors (Lipinski definition) is 4. The molecule has 0 spiro atoms. The van der Waals surface area contributed by atoms with E-state index < -0.39 is 11.7 Å². The minimum atomic E-state index is -4.34. The first kappa shape index (κ1) is 32.9. The van der Waals surface area contributed by atoms with Gasteiger partial charge in [-0.15, -0.1) is 24.8 Å². The van der Waals surface area contributed by atoms with Crippen molar-refractivity contribution in [1.29, 1.82) is 0 Å². The summed E-state index contributed by atoms with van der Waals surface area (Å²) in [5.74, 6) is 1.40. The van der Waals surface area contributed by atoms with Crippen LogP contribution in [0.5, 0.6) is 5.75 Å². The largest absolute Gasteiger partial charge is 0.492 e. The lowest BCUT2D eigenvalue weighted by Crippen LogP contribution is -2.34. The smallest absolute Gasteiger partial charge is 0.416 e. The van der Waals surface area contributed by atoms with Crippen molar-refractivity contribution in [2.45, 2.75) is 51.5 Å². The molecular formula is C32H37Cl2F3N2O2. The second-order valence-corrected chi connectivity index (χ2v) is 10.7. The van der Waals surface area contributed by atoms with E-state index in [1.165, 1.54) is 11.6 Å². The Morgan fingerprint density at radius 2 is 1.56 bits per heavy atom. The number of piperidine rings is 1. The average molecular weight is 610 g/mol. The molecule has 0 amide bonds. The van der Waals surface area contributed by atoms with Crippen molar-refractivity contribution in [2.75, 3.05) is 26.2 Å². The topological polar surface area (TPSA) is 32.8 Å². The fourth-order valence-corrected chi connectivity index (χ4v) is 5.69. The first-order valence-corrected chi connectivity index (χ1v) is 13.8. The Hall–Kier alpha value is -2.58. The first-order chi connectivity index (χ1) is 18.8. The molecule has 0 unspecified atom stereocenters. The maximum absolute atomic E-state index is 13.3. The third-order valence-electron chi connectivity index (χ3n) is 7.89. The molecule has 2 heterocycles. The number of alkyl halides is 3. The number of ether oxygens (including phenoxy) is 1. The molecule has 41 heavy (non-hydrogen) atoms. The van der Waals surface area contributed by atoms with Gasteiger partial charge in [0.15, 0.2) is 5.78 Å². The van der Waals surface area contributed by atoms with E-state index in [9.17, 15) is 18.0 Å². The molecule has 222 valence electrons. The number of likely N-dealkylation sites (tertiary alicyclic amines) is 1. The minimum Gasteiger partial charge on any atom is -0.492 e. The van der Waals surface area contributed by atoms with Gasteiger partial charge in [-0.2, -0.15) is 13.2 Å². The summed E-state index contributed by atoms with van der Waals surface area (Å²) >= 11 is 0. The van der Waals surface area contributed by atoms with Gasteiger partial charge in [-0.05, 0) is 73.7 Å². The molecule has 9 heteroatoms. The summed E-state index contributed by atoms with van der Waals surface area (Å²) in [7, 11) is 0. The summed E-state index contributed by atoms with van der Waals surface area (Å²) in [5.41, 5.74) is 2.80. The van der Waals surface area contributed by atoms with Gasteiger partial charge in [0.1, 0.15) is 12.4 Å². The predicted molar refractivity (Wildman–Crippen MR) is 160 cm³/mol. The van der Waals surface area contributed by atoms with Crippen LogP contribution in [0.25, 0.3) is 0 Å². The van der Waals surface area contributed by atoms with Gasteiger partial charge in [0, 0.05) is 43.7 Å². The van der Waals surface area contributed by atoms with E-state index >= 15 is 0 Å². The molecule has 0 atom stereocenters. The molecule has 3 aromatic rings. The van der Waals surface area contributed by atoms with Gasteiger partial charge in [-0.3, -0.25) is 14.6 Å². The number of ketones is 1. The SMILES string of the molecule is Cl.Cl.O=C(CCC1CCN(Cc2ccccc2C(F)(F)F)CC1)c1ccc2c(c1)CN(Cc1ccccc1)CCO2. The van der Waals surface area contributed by atoms with Crippen LogP contribution >= 0.6 is 24.8 Å². The number of carbonyl (C=O) groups excluding carboxylic acids is 1. The van der Waals surface area contributed by atoms with Crippen LogP contribution in [0.1, 0.15) is 58.3 Å². The first-order valence-electron chi connectivity index (χ1n) is 13.8. The highest BCUT2D eigenvalue weighted by Gasteiger charge is 2.33. The molecule has 0 saturated carbocycles. The predicted octanol–water partition coefficient (Wildman–Crippen LogP) is 7.82. The van der Waals surface area contributed by atoms with Gasteiger partial charge < -0.3 is 4.74 Å². The molecule has 0 radical (unpaired) electrons. The molecule has 0 aromatic heterocycles. The number of fused-ring (bicyclic) bond motifs is 1. The molecule has 2 aliphatic rings. The van der Waals surface area contributed by atoms with E-state index in [1.54, 1.807) is 12.1 Å². The lowest BCUT2D eigenvalue weighted by atomic mass is 9.90. The maximum atomic E-state index is 13.3. The molecule has 3 aromatic carbocycles. The van der Waals surface area contributed by atoms with Crippen LogP contribution in [0.3, 0.4) is 0 Å². The standard InChI is InChI=1S/C32H35F3N2O2.2ClH/c33-32(34,35)29-9-5-4-8-27(29)22-36-16-14-24(15-17-36)10-12-30(38)26-11-13-31-28(20-26)23-37(18-19-39-31)21-25-6-2-1-3-7-25;;/h1-9,11,13,20,24H,10,12,14-19,21-23H2;2*1H. The Kier molecular flexibility index (Phi) is 12.1. The second kappa shape index (κ2) is 15.1. The highest BCUT2D eigenvalue weighted by atomic mass is 35.5. The third kappa shape index (κ3) is 8.95. The van der Waals surface area contributed by atoms with Crippen molar-refractivity contribution in [3.05, 3.63) is 101 Å². The molecule has 0 aliphatic carbocycles. The van der Waals surface area contributed by atoms with Crippen LogP contribution in [0, 0.1) is 5.92 Å². The third-order valence-corrected chi connectivity index (χ3v) is 7.89. The van der Waals surface area contributed by atoms with Crippen LogP contribution in [-0.4, -0.2) is 41.8 Å². The van der Waals surface area contributed by atoms with E-state index in [0.29, 0.717) is 31.1 Å². The van der Waals surface area contributed by atoms with Crippen LogP contribution in [0.15, 0.2) is 72.8 Å². The Morgan fingerprint density at radius 1 is 0.854 bits per heavy atom. The maximum Gasteiger partial charge on any atom is 0.416 e. The second-order valence-electron chi connectivity index (χ2n) is 10.7. The van der Waals surface area contributed by atoms with Crippen LogP contribution in [-0.2, 0) is 25.8 Å². The van der Waals surface area contributed by atoms with Crippen molar-refractivity contribution in [3.63, 3.8) is 0 Å². The minimum absolute atomic E-state index is 0. The Bertz CT molecular complexity index is 1270. The van der Waals surface area contributed by atoms with E-state index in [-0.39, 0.29) is 30.6 Å². The number of hydrogen-bond donors (Lipinski definition) is 0. The van der Waals surface area contributed by atoms with Crippen molar-refractivity contribution in [3.8, 4) is 5.75 Å². The van der Waals surface area contributed by atoms with Crippen LogP contribution in [0.4, 0.5) is 13.2 Å². The summed E-state index contributed by atoms with van der Waals surface area (Å²) in [6, 6.07) is 22.0. The Labute approximate surface area is 252 Å². The molecule has 0 bridgehead atoms. The Morgan fingerprint density at radius 3 is 2.29 bits per heavy atom. The summed E-state index contributed by atoms with van der Waals surface area (Å²) in [6.45, 7) is 4.82. The molecule has 5 rings (SSSR count). The number of nitrogens with zero attached hydrogens (tertiary/aromatic N) is 2. The van der Waals surface area contributed by atoms with Gasteiger partial charge in [-0.25, -0.2) is 0 Å². The van der Waals surface area contributed by atoms with Gasteiger partial charge in [-0.1, -0.05) is 48.5 Å². The van der Waals surface area contributed by atoms with Crippen molar-refractivity contribution >= 4 is 30.6 Å². The van der Waals surface area contributed by atoms with Crippen molar-refractivity contribution < 1.29 is 22.7 Å². The number of Topliss-reactive ketones (excluding diaryl/α,β-unsaturated/α-hetero) is 1. The quantitative estimate of drug-likeness (QED) is 0.244. The van der Waals surface area contributed by atoms with E-state index in [4.69, 9.17) is 4.74 Å². The molecule has 0 N–H and O–H groups in total. The normalized spacial score (nSPS) is 16.5. The summed E-state index contributed by atoms with van der Waals surface area (Å²) in [4.78, 5) is 17.5. The highest BCUT2D eigenvalue weighted by Crippen LogP contribution is 2.33. The molecular weight excluding hydrogens is 572 g/mol. The lowest BCUT2D eigenvalue weighted by Gasteiger charge is -2.32. The summed E-state index contributed by atoms with van der Waals surface area (Å²) < 4.78 is 46.0. The number of rotatable bonds is 8. The van der Waals surface area contributed by atoms with Crippen LogP contribution < -0.4 is 4.74 Å². The highest BCUT2D eigenvalue weighted by molar-refractivity contribution is 5.96. The van der Waals surface area contributed by atoms with Gasteiger partial charge in [0.2, 0.25) is 0 Å². The monoisotopic (exact) mass is 608 g/mol. The van der Waals surface area contributed by atoms with Gasteiger partial charge in [0.05, 0.1) is 5.56 Å². The number of benzene rings is 3. The zero-order valence-corrected chi connectivity index (χ0v) is 24.6. The number of halogens is 5. The zero-order valence-electron chi connectivity index (χ0n) is 22.9. The molecule has 1 saturated heterocycles. The fourth-order valence-electron chi connectivity index (χ4n) is 5.69. The summed E-state index contributed by atoms with van der Waals surface area (Å²) in [5, 5.41) is 0. The van der Waals surface area contributed by atoms with E-state index in [2.05, 4.69) is 21.9 Å².